The molecule has 0 fully saturated rings. The van der Waals surface area contributed by atoms with Gasteiger partial charge in [-0.05, 0) is 48.4 Å². The standard InChI is InChI=1S/C16H19ClO3S/c1-16(2,21(4,18)19)15(17)13-6-5-12-10-14(20-3)8-7-11(12)9-13/h5-10,15H,1-4H3. The highest BCUT2D eigenvalue weighted by atomic mass is 35.5. The SMILES string of the molecule is COc1ccc2cc(C(Cl)C(C)(C)S(C)(=O)=O)ccc2c1. The minimum absolute atomic E-state index is 0.612. The molecule has 1 atom stereocenters. The lowest BCUT2D eigenvalue weighted by Crippen LogP contribution is -2.35. The van der Waals surface area contributed by atoms with E-state index in [-0.39, 0.29) is 0 Å². The fraction of sp³-hybridized carbons (Fsp3) is 0.375. The molecule has 2 aromatic rings. The van der Waals surface area contributed by atoms with Gasteiger partial charge in [0.2, 0.25) is 0 Å². The zero-order chi connectivity index (χ0) is 15.8. The highest BCUT2D eigenvalue weighted by Crippen LogP contribution is 2.38. The third-order valence-electron chi connectivity index (χ3n) is 3.93. The Morgan fingerprint density at radius 2 is 1.67 bits per heavy atom. The first-order valence-corrected chi connectivity index (χ1v) is 8.91. The van der Waals surface area contributed by atoms with Gasteiger partial charge >= 0.3 is 0 Å². The fourth-order valence-electron chi connectivity index (χ4n) is 2.12. The number of sulfone groups is 1. The van der Waals surface area contributed by atoms with E-state index in [1.807, 2.05) is 36.4 Å². The van der Waals surface area contributed by atoms with Crippen LogP contribution in [-0.2, 0) is 9.84 Å². The predicted molar refractivity (Wildman–Crippen MR) is 88.0 cm³/mol. The number of ether oxygens (including phenoxy) is 1. The Morgan fingerprint density at radius 1 is 1.10 bits per heavy atom. The number of methoxy groups -OCH3 is 1. The largest absolute Gasteiger partial charge is 0.497 e. The lowest BCUT2D eigenvalue weighted by Gasteiger charge is -2.28. The number of fused-ring (bicyclic) bond motifs is 1. The van der Waals surface area contributed by atoms with Crippen molar-refractivity contribution in [2.45, 2.75) is 24.0 Å². The molecule has 1 unspecified atom stereocenters. The van der Waals surface area contributed by atoms with Gasteiger partial charge in [-0.1, -0.05) is 18.2 Å². The average molecular weight is 327 g/mol. The summed E-state index contributed by atoms with van der Waals surface area (Å²) in [4.78, 5) is 0. The maximum absolute atomic E-state index is 11.9. The number of rotatable bonds is 4. The van der Waals surface area contributed by atoms with Crippen molar-refractivity contribution >= 4 is 32.2 Å². The van der Waals surface area contributed by atoms with Gasteiger partial charge in [-0.3, -0.25) is 0 Å². The summed E-state index contributed by atoms with van der Waals surface area (Å²) < 4.78 is 28.0. The molecule has 21 heavy (non-hydrogen) atoms. The molecular formula is C16H19ClO3S. The van der Waals surface area contributed by atoms with Gasteiger partial charge in [0, 0.05) is 6.26 Å². The van der Waals surface area contributed by atoms with Crippen molar-refractivity contribution in [1.82, 2.24) is 0 Å². The first kappa shape index (κ1) is 16.1. The van der Waals surface area contributed by atoms with Crippen LogP contribution in [0.3, 0.4) is 0 Å². The summed E-state index contributed by atoms with van der Waals surface area (Å²) in [6.07, 6.45) is 1.22. The monoisotopic (exact) mass is 326 g/mol. The minimum atomic E-state index is -3.27. The molecule has 3 nitrogen and oxygen atoms in total. The van der Waals surface area contributed by atoms with Crippen LogP contribution in [0, 0.1) is 0 Å². The van der Waals surface area contributed by atoms with Crippen molar-refractivity contribution in [1.29, 1.82) is 0 Å². The maximum Gasteiger partial charge on any atom is 0.154 e. The molecule has 0 amide bonds. The van der Waals surface area contributed by atoms with Crippen molar-refractivity contribution in [2.24, 2.45) is 0 Å². The Morgan fingerprint density at radius 3 is 2.24 bits per heavy atom. The number of hydrogen-bond acceptors (Lipinski definition) is 3. The second-order valence-electron chi connectivity index (χ2n) is 5.71. The first-order valence-electron chi connectivity index (χ1n) is 6.58. The van der Waals surface area contributed by atoms with E-state index in [0.717, 1.165) is 22.1 Å². The van der Waals surface area contributed by atoms with Crippen LogP contribution in [0.2, 0.25) is 0 Å². The normalized spacial score (nSPS) is 14.1. The van der Waals surface area contributed by atoms with Gasteiger partial charge in [-0.2, -0.15) is 0 Å². The summed E-state index contributed by atoms with van der Waals surface area (Å²) in [5.41, 5.74) is 0.796. The van der Waals surface area contributed by atoms with E-state index in [1.165, 1.54) is 6.26 Å². The quantitative estimate of drug-likeness (QED) is 0.799. The molecule has 0 aliphatic heterocycles. The van der Waals surface area contributed by atoms with E-state index in [2.05, 4.69) is 0 Å². The van der Waals surface area contributed by atoms with Crippen LogP contribution < -0.4 is 4.74 Å². The summed E-state index contributed by atoms with van der Waals surface area (Å²) >= 11 is 6.44. The van der Waals surface area contributed by atoms with Crippen molar-refractivity contribution in [3.8, 4) is 5.75 Å². The third-order valence-corrected chi connectivity index (χ3v) is 7.00. The lowest BCUT2D eigenvalue weighted by molar-refractivity contribution is 0.415. The average Bonchev–Trinajstić information content (AvgIpc) is 2.44. The molecular weight excluding hydrogens is 308 g/mol. The second-order valence-corrected chi connectivity index (χ2v) is 8.74. The minimum Gasteiger partial charge on any atom is -0.497 e. The zero-order valence-corrected chi connectivity index (χ0v) is 14.1. The Kier molecular flexibility index (Phi) is 4.22. The van der Waals surface area contributed by atoms with E-state index in [1.54, 1.807) is 21.0 Å². The summed E-state index contributed by atoms with van der Waals surface area (Å²) in [7, 11) is -1.64. The topological polar surface area (TPSA) is 43.4 Å². The van der Waals surface area contributed by atoms with Crippen LogP contribution in [0.1, 0.15) is 24.8 Å². The number of benzene rings is 2. The van der Waals surface area contributed by atoms with Crippen LogP contribution >= 0.6 is 11.6 Å². The van der Waals surface area contributed by atoms with Gasteiger partial charge in [-0.15, -0.1) is 11.6 Å². The highest BCUT2D eigenvalue weighted by Gasteiger charge is 2.38. The van der Waals surface area contributed by atoms with Crippen molar-refractivity contribution in [3.05, 3.63) is 42.0 Å². The predicted octanol–water partition coefficient (Wildman–Crippen LogP) is 3.95. The molecule has 0 saturated heterocycles. The molecule has 0 saturated carbocycles. The van der Waals surface area contributed by atoms with E-state index >= 15 is 0 Å². The smallest absolute Gasteiger partial charge is 0.154 e. The molecule has 114 valence electrons. The second kappa shape index (κ2) is 5.50. The Balaban J connectivity index is 2.48. The van der Waals surface area contributed by atoms with Gasteiger partial charge in [0.05, 0.1) is 17.2 Å². The van der Waals surface area contributed by atoms with Crippen LogP contribution in [0.15, 0.2) is 36.4 Å². The van der Waals surface area contributed by atoms with Crippen LogP contribution in [0.4, 0.5) is 0 Å². The maximum atomic E-state index is 11.9. The van der Waals surface area contributed by atoms with Gasteiger partial charge < -0.3 is 4.74 Å². The third kappa shape index (κ3) is 3.01. The van der Waals surface area contributed by atoms with E-state index in [4.69, 9.17) is 16.3 Å². The van der Waals surface area contributed by atoms with Gasteiger partial charge in [-0.25, -0.2) is 8.42 Å². The molecule has 0 aliphatic rings. The van der Waals surface area contributed by atoms with E-state index in [9.17, 15) is 8.42 Å². The van der Waals surface area contributed by atoms with Gasteiger partial charge in [0.25, 0.3) is 0 Å². The Bertz CT molecular complexity index is 766. The molecule has 0 bridgehead atoms. The first-order chi connectivity index (χ1) is 9.66. The fourth-order valence-corrected chi connectivity index (χ4v) is 3.25. The molecule has 2 rings (SSSR count). The van der Waals surface area contributed by atoms with Gasteiger partial charge in [0.15, 0.2) is 9.84 Å². The summed E-state index contributed by atoms with van der Waals surface area (Å²) in [5.74, 6) is 0.786. The van der Waals surface area contributed by atoms with Crippen molar-refractivity contribution in [2.75, 3.05) is 13.4 Å². The molecule has 2 aromatic carbocycles. The van der Waals surface area contributed by atoms with Crippen molar-refractivity contribution in [3.63, 3.8) is 0 Å². The van der Waals surface area contributed by atoms with Gasteiger partial charge in [0.1, 0.15) is 5.75 Å². The zero-order valence-electron chi connectivity index (χ0n) is 12.6. The molecule has 5 heteroatoms. The molecule has 0 radical (unpaired) electrons. The summed E-state index contributed by atoms with van der Waals surface area (Å²) in [6, 6.07) is 11.5. The highest BCUT2D eigenvalue weighted by molar-refractivity contribution is 7.92. The van der Waals surface area contributed by atoms with E-state index in [0.29, 0.717) is 0 Å². The summed E-state index contributed by atoms with van der Waals surface area (Å²) in [5, 5.41) is 1.42. The van der Waals surface area contributed by atoms with Crippen LogP contribution in [0.25, 0.3) is 10.8 Å². The molecule has 0 heterocycles. The molecule has 0 aliphatic carbocycles. The summed E-state index contributed by atoms with van der Waals surface area (Å²) in [6.45, 7) is 3.30. The van der Waals surface area contributed by atoms with Crippen LogP contribution in [-0.4, -0.2) is 26.5 Å². The number of halogens is 1. The van der Waals surface area contributed by atoms with Crippen molar-refractivity contribution < 1.29 is 13.2 Å². The number of alkyl halides is 1. The number of hydrogen-bond donors (Lipinski definition) is 0. The van der Waals surface area contributed by atoms with E-state index < -0.39 is 20.0 Å². The Hall–Kier alpha value is -1.26. The van der Waals surface area contributed by atoms with Crippen LogP contribution in [0.5, 0.6) is 5.75 Å². The molecule has 0 aromatic heterocycles. The molecule has 0 spiro atoms. The Labute approximate surface area is 130 Å². The molecule has 0 N–H and O–H groups in total. The lowest BCUT2D eigenvalue weighted by atomic mass is 9.98.